The fourth-order valence-corrected chi connectivity index (χ4v) is 2.51. The third kappa shape index (κ3) is 2.47. The first-order chi connectivity index (χ1) is 9.65. The quantitative estimate of drug-likeness (QED) is 0.725. The number of hydrogen-bond acceptors (Lipinski definition) is 4. The van der Waals surface area contributed by atoms with E-state index in [0.717, 1.165) is 5.56 Å². The first-order valence-corrected chi connectivity index (χ1v) is 6.63. The van der Waals surface area contributed by atoms with Crippen LogP contribution in [0.1, 0.15) is 0 Å². The van der Waals surface area contributed by atoms with Crippen LogP contribution in [-0.2, 0) is 0 Å². The van der Waals surface area contributed by atoms with Crippen molar-refractivity contribution >= 4 is 34.8 Å². The summed E-state index contributed by atoms with van der Waals surface area (Å²) in [5.41, 5.74) is 1.74. The summed E-state index contributed by atoms with van der Waals surface area (Å²) in [5.74, 6) is 0.305. The lowest BCUT2D eigenvalue weighted by Gasteiger charge is -2.07. The molecule has 1 aromatic carbocycles. The zero-order valence-electron chi connectivity index (χ0n) is 9.81. The molecule has 0 unspecified atom stereocenters. The minimum absolute atomic E-state index is 0.227. The molecule has 0 aliphatic carbocycles. The summed E-state index contributed by atoms with van der Waals surface area (Å²) >= 11 is 18.4. The van der Waals surface area contributed by atoms with Crippen LogP contribution in [0.2, 0.25) is 15.3 Å². The van der Waals surface area contributed by atoms with E-state index < -0.39 is 0 Å². The van der Waals surface area contributed by atoms with Gasteiger partial charge >= 0.3 is 0 Å². The molecule has 0 spiro atoms. The second-order valence-electron chi connectivity index (χ2n) is 3.87. The van der Waals surface area contributed by atoms with E-state index >= 15 is 0 Å². The predicted octanol–water partition coefficient (Wildman–Crippen LogP) is 3.89. The standard InChI is InChI=1S/C12H6Cl3N5/c13-7-3-1-2-6(4-7)9-10(14)17-12(18-11(9)15)8-5-16-20-19-8/h1-5H,(H,16,19,20). The lowest BCUT2D eigenvalue weighted by atomic mass is 10.1. The third-order valence-corrected chi connectivity index (χ3v) is 3.36. The molecule has 0 fully saturated rings. The molecule has 5 nitrogen and oxygen atoms in total. The summed E-state index contributed by atoms with van der Waals surface area (Å²) in [7, 11) is 0. The van der Waals surface area contributed by atoms with Crippen LogP contribution in [0.15, 0.2) is 30.5 Å². The van der Waals surface area contributed by atoms with Gasteiger partial charge in [0.25, 0.3) is 0 Å². The van der Waals surface area contributed by atoms with Gasteiger partial charge in [-0.05, 0) is 17.7 Å². The maximum Gasteiger partial charge on any atom is 0.184 e. The summed E-state index contributed by atoms with van der Waals surface area (Å²) in [6.45, 7) is 0. The van der Waals surface area contributed by atoms with E-state index in [0.29, 0.717) is 22.1 Å². The zero-order valence-corrected chi connectivity index (χ0v) is 12.1. The fourth-order valence-electron chi connectivity index (χ4n) is 1.71. The van der Waals surface area contributed by atoms with E-state index in [9.17, 15) is 0 Å². The molecule has 8 heteroatoms. The van der Waals surface area contributed by atoms with E-state index in [1.165, 1.54) is 6.20 Å². The first-order valence-electron chi connectivity index (χ1n) is 5.50. The van der Waals surface area contributed by atoms with Crippen molar-refractivity contribution in [2.75, 3.05) is 0 Å². The van der Waals surface area contributed by atoms with E-state index in [1.807, 2.05) is 6.07 Å². The normalized spacial score (nSPS) is 10.8. The number of aromatic nitrogens is 5. The van der Waals surface area contributed by atoms with Crippen molar-refractivity contribution in [2.45, 2.75) is 0 Å². The number of H-pyrrole nitrogens is 1. The van der Waals surface area contributed by atoms with Crippen LogP contribution in [0.25, 0.3) is 22.6 Å². The highest BCUT2D eigenvalue weighted by atomic mass is 35.5. The van der Waals surface area contributed by atoms with Gasteiger partial charge in [-0.3, -0.25) is 0 Å². The van der Waals surface area contributed by atoms with Crippen molar-refractivity contribution in [3.63, 3.8) is 0 Å². The Morgan fingerprint density at radius 2 is 1.75 bits per heavy atom. The Morgan fingerprint density at radius 3 is 2.35 bits per heavy atom. The van der Waals surface area contributed by atoms with E-state index in [4.69, 9.17) is 34.8 Å². The topological polar surface area (TPSA) is 67.3 Å². The van der Waals surface area contributed by atoms with Crippen molar-refractivity contribution in [3.05, 3.63) is 45.8 Å². The highest BCUT2D eigenvalue weighted by molar-refractivity contribution is 6.38. The van der Waals surface area contributed by atoms with Gasteiger partial charge in [-0.25, -0.2) is 9.97 Å². The summed E-state index contributed by atoms with van der Waals surface area (Å²) in [6.07, 6.45) is 1.49. The maximum absolute atomic E-state index is 6.20. The molecule has 0 saturated carbocycles. The monoisotopic (exact) mass is 325 g/mol. The Hall–Kier alpha value is -1.69. The van der Waals surface area contributed by atoms with Gasteiger partial charge in [-0.15, -0.1) is 0 Å². The van der Waals surface area contributed by atoms with Crippen LogP contribution in [0, 0.1) is 0 Å². The van der Waals surface area contributed by atoms with Crippen LogP contribution in [-0.4, -0.2) is 25.4 Å². The molecule has 0 bridgehead atoms. The maximum atomic E-state index is 6.20. The molecule has 1 N–H and O–H groups in total. The minimum atomic E-state index is 0.227. The molecule has 3 aromatic rings. The second-order valence-corrected chi connectivity index (χ2v) is 5.02. The molecular weight excluding hydrogens is 321 g/mol. The summed E-state index contributed by atoms with van der Waals surface area (Å²) in [6, 6.07) is 7.14. The average Bonchev–Trinajstić information content (AvgIpc) is 2.91. The Labute approximate surface area is 128 Å². The molecule has 0 aliphatic heterocycles. The number of hydrogen-bond donors (Lipinski definition) is 1. The van der Waals surface area contributed by atoms with Crippen LogP contribution >= 0.6 is 34.8 Å². The average molecular weight is 327 g/mol. The number of rotatable bonds is 2. The van der Waals surface area contributed by atoms with Gasteiger partial charge in [0.2, 0.25) is 0 Å². The van der Waals surface area contributed by atoms with E-state index in [2.05, 4.69) is 25.4 Å². The molecule has 0 aliphatic rings. The molecular formula is C12H6Cl3N5. The summed E-state index contributed by atoms with van der Waals surface area (Å²) in [5, 5.41) is 11.1. The lowest BCUT2D eigenvalue weighted by Crippen LogP contribution is -1.95. The lowest BCUT2D eigenvalue weighted by molar-refractivity contribution is 0.938. The highest BCUT2D eigenvalue weighted by Crippen LogP contribution is 2.34. The van der Waals surface area contributed by atoms with Gasteiger partial charge in [-0.2, -0.15) is 15.4 Å². The van der Waals surface area contributed by atoms with Gasteiger partial charge in [0.1, 0.15) is 16.0 Å². The van der Waals surface area contributed by atoms with Crippen molar-refractivity contribution in [3.8, 4) is 22.6 Å². The number of nitrogens with one attached hydrogen (secondary N) is 1. The second kappa shape index (κ2) is 5.36. The van der Waals surface area contributed by atoms with Crippen LogP contribution in [0.3, 0.4) is 0 Å². The van der Waals surface area contributed by atoms with Crippen LogP contribution in [0.4, 0.5) is 0 Å². The van der Waals surface area contributed by atoms with Gasteiger partial charge in [0.05, 0.1) is 11.8 Å². The zero-order chi connectivity index (χ0) is 14.1. The Kier molecular flexibility index (Phi) is 3.56. The molecule has 100 valence electrons. The fraction of sp³-hybridized carbons (Fsp3) is 0. The molecule has 2 aromatic heterocycles. The van der Waals surface area contributed by atoms with Crippen LogP contribution in [0.5, 0.6) is 0 Å². The third-order valence-electron chi connectivity index (χ3n) is 2.58. The number of aromatic amines is 1. The van der Waals surface area contributed by atoms with Crippen molar-refractivity contribution in [2.24, 2.45) is 0 Å². The van der Waals surface area contributed by atoms with Gasteiger partial charge in [0.15, 0.2) is 5.82 Å². The summed E-state index contributed by atoms with van der Waals surface area (Å²) in [4.78, 5) is 8.37. The minimum Gasteiger partial charge on any atom is -0.214 e. The molecule has 20 heavy (non-hydrogen) atoms. The molecule has 0 atom stereocenters. The van der Waals surface area contributed by atoms with Crippen molar-refractivity contribution in [1.82, 2.24) is 25.4 Å². The van der Waals surface area contributed by atoms with Crippen molar-refractivity contribution in [1.29, 1.82) is 0 Å². The Balaban J connectivity index is 2.14. The van der Waals surface area contributed by atoms with Crippen LogP contribution < -0.4 is 0 Å². The largest absolute Gasteiger partial charge is 0.214 e. The molecule has 2 heterocycles. The van der Waals surface area contributed by atoms with E-state index in [1.54, 1.807) is 18.2 Å². The number of halogens is 3. The summed E-state index contributed by atoms with van der Waals surface area (Å²) < 4.78 is 0. The predicted molar refractivity (Wildman–Crippen MR) is 77.9 cm³/mol. The Morgan fingerprint density at radius 1 is 1.00 bits per heavy atom. The van der Waals surface area contributed by atoms with Crippen molar-refractivity contribution < 1.29 is 0 Å². The molecule has 0 amide bonds. The molecule has 0 saturated heterocycles. The highest BCUT2D eigenvalue weighted by Gasteiger charge is 2.16. The SMILES string of the molecule is Clc1cccc(-c2c(Cl)nc(-c3cn[nH]n3)nc2Cl)c1. The first kappa shape index (κ1) is 13.3. The molecule has 0 radical (unpaired) electrons. The Bertz CT molecular complexity index is 735. The van der Waals surface area contributed by atoms with Gasteiger partial charge in [-0.1, -0.05) is 46.9 Å². The van der Waals surface area contributed by atoms with Gasteiger partial charge in [0, 0.05) is 5.02 Å². The van der Waals surface area contributed by atoms with Gasteiger partial charge < -0.3 is 0 Å². The number of benzene rings is 1. The number of nitrogens with zero attached hydrogens (tertiary/aromatic N) is 4. The van der Waals surface area contributed by atoms with E-state index in [-0.39, 0.29) is 10.3 Å². The molecule has 3 rings (SSSR count). The smallest absolute Gasteiger partial charge is 0.184 e.